The lowest BCUT2D eigenvalue weighted by Gasteiger charge is -2.28. The van der Waals surface area contributed by atoms with Crippen LogP contribution >= 0.6 is 0 Å². The summed E-state index contributed by atoms with van der Waals surface area (Å²) in [5, 5.41) is 2.86. The first-order valence-corrected chi connectivity index (χ1v) is 11.1. The van der Waals surface area contributed by atoms with Crippen molar-refractivity contribution >= 4 is 21.6 Å². The summed E-state index contributed by atoms with van der Waals surface area (Å²) in [4.78, 5) is 14.8. The fourth-order valence-electron chi connectivity index (χ4n) is 3.52. The molecule has 6 nitrogen and oxygen atoms in total. The number of sulfonamides is 1. The van der Waals surface area contributed by atoms with Gasteiger partial charge < -0.3 is 5.32 Å². The number of hydrogen-bond acceptors (Lipinski definition) is 4. The number of nitrogens with one attached hydrogen (secondary N) is 1. The molecule has 0 saturated carbocycles. The van der Waals surface area contributed by atoms with Gasteiger partial charge in [0.05, 0.1) is 11.4 Å². The predicted molar refractivity (Wildman–Crippen MR) is 111 cm³/mol. The van der Waals surface area contributed by atoms with Crippen molar-refractivity contribution in [2.45, 2.75) is 31.7 Å². The van der Waals surface area contributed by atoms with E-state index in [1.165, 1.54) is 15.4 Å². The number of nitrogens with zero attached hydrogens (tertiary/aromatic N) is 2. The van der Waals surface area contributed by atoms with Crippen molar-refractivity contribution in [1.82, 2.24) is 9.21 Å². The second-order valence-electron chi connectivity index (χ2n) is 6.89. The van der Waals surface area contributed by atoms with E-state index < -0.39 is 10.0 Å². The van der Waals surface area contributed by atoms with E-state index in [1.807, 2.05) is 26.0 Å². The van der Waals surface area contributed by atoms with Gasteiger partial charge in [0.1, 0.15) is 0 Å². The van der Waals surface area contributed by atoms with Gasteiger partial charge in [-0.1, -0.05) is 38.1 Å². The van der Waals surface area contributed by atoms with Gasteiger partial charge in [0.2, 0.25) is 15.9 Å². The Morgan fingerprint density at radius 3 is 2.32 bits per heavy atom. The van der Waals surface area contributed by atoms with Gasteiger partial charge in [-0.2, -0.15) is 4.31 Å². The summed E-state index contributed by atoms with van der Waals surface area (Å²) >= 11 is 0. The van der Waals surface area contributed by atoms with Gasteiger partial charge >= 0.3 is 0 Å². The van der Waals surface area contributed by atoms with Crippen LogP contribution in [-0.4, -0.2) is 49.7 Å². The Morgan fingerprint density at radius 2 is 1.68 bits per heavy atom. The number of carbonyl (C=O) groups is 1. The van der Waals surface area contributed by atoms with E-state index in [9.17, 15) is 13.2 Å². The summed E-state index contributed by atoms with van der Waals surface area (Å²) in [5.74, 6) is -0.0984. The highest BCUT2D eigenvalue weighted by Gasteiger charge is 2.22. The van der Waals surface area contributed by atoms with E-state index in [2.05, 4.69) is 22.3 Å². The van der Waals surface area contributed by atoms with Crippen molar-refractivity contribution in [1.29, 1.82) is 0 Å². The third-order valence-electron chi connectivity index (χ3n) is 5.06. The van der Waals surface area contributed by atoms with Crippen molar-refractivity contribution in [3.63, 3.8) is 0 Å². The molecule has 28 heavy (non-hydrogen) atoms. The average Bonchev–Trinajstić information content (AvgIpc) is 2.69. The molecule has 0 aliphatic carbocycles. The summed E-state index contributed by atoms with van der Waals surface area (Å²) < 4.78 is 26.5. The van der Waals surface area contributed by atoms with Gasteiger partial charge in [-0.15, -0.1) is 0 Å². The van der Waals surface area contributed by atoms with Crippen LogP contribution in [0, 0.1) is 0 Å². The molecule has 1 aliphatic heterocycles. The van der Waals surface area contributed by atoms with Crippen LogP contribution in [0.5, 0.6) is 0 Å². The van der Waals surface area contributed by atoms with Crippen molar-refractivity contribution in [3.05, 3.63) is 59.7 Å². The monoisotopic (exact) mass is 401 g/mol. The number of rotatable bonds is 7. The Labute approximate surface area is 167 Å². The van der Waals surface area contributed by atoms with Crippen LogP contribution in [0.4, 0.5) is 5.69 Å². The minimum absolute atomic E-state index is 0.0984. The average molecular weight is 402 g/mol. The van der Waals surface area contributed by atoms with E-state index in [0.29, 0.717) is 25.3 Å². The molecule has 1 aliphatic rings. The largest absolute Gasteiger partial charge is 0.325 e. The van der Waals surface area contributed by atoms with Crippen molar-refractivity contribution in [2.75, 3.05) is 31.5 Å². The zero-order valence-electron chi connectivity index (χ0n) is 16.4. The van der Waals surface area contributed by atoms with Crippen LogP contribution < -0.4 is 5.32 Å². The second kappa shape index (κ2) is 8.86. The first-order valence-electron chi connectivity index (χ1n) is 9.63. The molecule has 0 unspecified atom stereocenters. The Morgan fingerprint density at radius 1 is 1.04 bits per heavy atom. The van der Waals surface area contributed by atoms with E-state index in [-0.39, 0.29) is 10.8 Å². The standard InChI is InChI=1S/C21H27N3O3S/c1-3-24(4-2)28(26,27)20-11-9-19(10-12-20)22-21(25)16-23-14-13-17-7-5-6-8-18(17)15-23/h5-12H,3-4,13-16H2,1-2H3,(H,22,25). The Balaban J connectivity index is 1.59. The van der Waals surface area contributed by atoms with Gasteiger partial charge in [0, 0.05) is 31.9 Å². The molecule has 0 aromatic heterocycles. The first-order chi connectivity index (χ1) is 13.4. The number of amides is 1. The van der Waals surface area contributed by atoms with E-state index in [0.717, 1.165) is 19.5 Å². The molecule has 7 heteroatoms. The minimum Gasteiger partial charge on any atom is -0.325 e. The molecule has 0 atom stereocenters. The third kappa shape index (κ3) is 4.60. The van der Waals surface area contributed by atoms with E-state index in [4.69, 9.17) is 0 Å². The molecule has 1 N–H and O–H groups in total. The van der Waals surface area contributed by atoms with Crippen molar-refractivity contribution in [2.24, 2.45) is 0 Å². The summed E-state index contributed by atoms with van der Waals surface area (Å²) in [6.45, 7) is 6.42. The topological polar surface area (TPSA) is 69.7 Å². The highest BCUT2D eigenvalue weighted by atomic mass is 32.2. The summed E-state index contributed by atoms with van der Waals surface area (Å²) in [5.41, 5.74) is 3.22. The number of benzene rings is 2. The normalized spacial score (nSPS) is 14.7. The van der Waals surface area contributed by atoms with Gasteiger partial charge in [-0.25, -0.2) is 8.42 Å². The zero-order valence-corrected chi connectivity index (χ0v) is 17.2. The SMILES string of the molecule is CCN(CC)S(=O)(=O)c1ccc(NC(=O)CN2CCc3ccccc3C2)cc1. The Kier molecular flexibility index (Phi) is 6.49. The lowest BCUT2D eigenvalue weighted by Crippen LogP contribution is -2.37. The van der Waals surface area contributed by atoms with E-state index >= 15 is 0 Å². The van der Waals surface area contributed by atoms with E-state index in [1.54, 1.807) is 24.3 Å². The maximum absolute atomic E-state index is 12.5. The van der Waals surface area contributed by atoms with Crippen LogP contribution in [0.2, 0.25) is 0 Å². The molecule has 2 aromatic carbocycles. The molecule has 0 radical (unpaired) electrons. The van der Waals surface area contributed by atoms with Gasteiger partial charge in [-0.3, -0.25) is 9.69 Å². The lowest BCUT2D eigenvalue weighted by atomic mass is 10.00. The van der Waals surface area contributed by atoms with Crippen molar-refractivity contribution < 1.29 is 13.2 Å². The molecule has 1 amide bonds. The van der Waals surface area contributed by atoms with Gasteiger partial charge in [-0.05, 0) is 41.8 Å². The number of fused-ring (bicyclic) bond motifs is 1. The Hall–Kier alpha value is -2.22. The van der Waals surface area contributed by atoms with Gasteiger partial charge in [0.15, 0.2) is 0 Å². The van der Waals surface area contributed by atoms with Crippen LogP contribution in [0.25, 0.3) is 0 Å². The van der Waals surface area contributed by atoms with Gasteiger partial charge in [0.25, 0.3) is 0 Å². The lowest BCUT2D eigenvalue weighted by molar-refractivity contribution is -0.117. The van der Waals surface area contributed by atoms with Crippen LogP contribution in [0.1, 0.15) is 25.0 Å². The highest BCUT2D eigenvalue weighted by molar-refractivity contribution is 7.89. The smallest absolute Gasteiger partial charge is 0.243 e. The van der Waals surface area contributed by atoms with Crippen LogP contribution in [0.15, 0.2) is 53.4 Å². The minimum atomic E-state index is -3.49. The molecule has 0 bridgehead atoms. The Bertz CT molecular complexity index is 922. The molecular formula is C21H27N3O3S. The first kappa shape index (κ1) is 20.5. The highest BCUT2D eigenvalue weighted by Crippen LogP contribution is 2.20. The molecule has 2 aromatic rings. The fourth-order valence-corrected chi connectivity index (χ4v) is 4.97. The second-order valence-corrected chi connectivity index (χ2v) is 8.83. The number of hydrogen-bond donors (Lipinski definition) is 1. The summed E-state index contributed by atoms with van der Waals surface area (Å²) in [6, 6.07) is 14.7. The predicted octanol–water partition coefficient (Wildman–Crippen LogP) is 2.71. The van der Waals surface area contributed by atoms with Crippen molar-refractivity contribution in [3.8, 4) is 0 Å². The maximum Gasteiger partial charge on any atom is 0.243 e. The quantitative estimate of drug-likeness (QED) is 0.775. The fraction of sp³-hybridized carbons (Fsp3) is 0.381. The third-order valence-corrected chi connectivity index (χ3v) is 7.12. The zero-order chi connectivity index (χ0) is 20.1. The molecule has 0 spiro atoms. The number of anilines is 1. The summed E-state index contributed by atoms with van der Waals surface area (Å²) in [6.07, 6.45) is 0.946. The molecule has 1 heterocycles. The van der Waals surface area contributed by atoms with Crippen LogP contribution in [-0.2, 0) is 27.8 Å². The number of carbonyl (C=O) groups excluding carboxylic acids is 1. The molecular weight excluding hydrogens is 374 g/mol. The molecule has 150 valence electrons. The maximum atomic E-state index is 12.5. The molecule has 0 fully saturated rings. The summed E-state index contributed by atoms with van der Waals surface area (Å²) in [7, 11) is -3.49. The molecule has 0 saturated heterocycles. The molecule has 3 rings (SSSR count). The van der Waals surface area contributed by atoms with Crippen LogP contribution in [0.3, 0.4) is 0 Å².